The number of rotatable bonds is 7. The third-order valence-electron chi connectivity index (χ3n) is 3.09. The molecule has 0 aromatic heterocycles. The molecule has 0 saturated heterocycles. The van der Waals surface area contributed by atoms with Crippen molar-refractivity contribution >= 4 is 23.6 Å². The van der Waals surface area contributed by atoms with E-state index in [-0.39, 0.29) is 5.92 Å². The van der Waals surface area contributed by atoms with Crippen LogP contribution in [-0.4, -0.2) is 35.1 Å². The minimum absolute atomic E-state index is 0.126. The number of benzene rings is 1. The Labute approximate surface area is 135 Å². The smallest absolute Gasteiger partial charge is 0.326 e. The standard InChI is InChI=1S/C16H23N3O4/c1-10(2)9-13(15(21)22)19-14(20)11(3)17-16(23)18-12-7-5-4-6-8-12/h4-8,10-11,13H,9H2,1-3H3,(H,19,20)(H,21,22)(H2,17,18,23). The fraction of sp³-hybridized carbons (Fsp3) is 0.438. The van der Waals surface area contributed by atoms with Gasteiger partial charge < -0.3 is 21.1 Å². The normalized spacial score (nSPS) is 13.0. The third kappa shape index (κ3) is 6.82. The van der Waals surface area contributed by atoms with Gasteiger partial charge in [0.25, 0.3) is 0 Å². The number of hydrogen-bond acceptors (Lipinski definition) is 3. The summed E-state index contributed by atoms with van der Waals surface area (Å²) < 4.78 is 0. The van der Waals surface area contributed by atoms with Crippen LogP contribution in [0.15, 0.2) is 30.3 Å². The monoisotopic (exact) mass is 321 g/mol. The maximum absolute atomic E-state index is 12.0. The Hall–Kier alpha value is -2.57. The second-order valence-corrected chi connectivity index (χ2v) is 5.72. The number of anilines is 1. The molecule has 0 heterocycles. The highest BCUT2D eigenvalue weighted by Crippen LogP contribution is 2.06. The van der Waals surface area contributed by atoms with Gasteiger partial charge in [-0.05, 0) is 31.4 Å². The minimum atomic E-state index is -1.09. The zero-order chi connectivity index (χ0) is 17.4. The summed E-state index contributed by atoms with van der Waals surface area (Å²) in [5, 5.41) is 16.6. The summed E-state index contributed by atoms with van der Waals surface area (Å²) in [7, 11) is 0. The van der Waals surface area contributed by atoms with Crippen LogP contribution in [0.5, 0.6) is 0 Å². The molecule has 1 rings (SSSR count). The van der Waals surface area contributed by atoms with E-state index in [9.17, 15) is 14.4 Å². The van der Waals surface area contributed by atoms with Crippen LogP contribution in [0.1, 0.15) is 27.2 Å². The van der Waals surface area contributed by atoms with Crippen LogP contribution in [0, 0.1) is 5.92 Å². The molecule has 0 bridgehead atoms. The summed E-state index contributed by atoms with van der Waals surface area (Å²) in [4.78, 5) is 35.0. The van der Waals surface area contributed by atoms with Gasteiger partial charge in [-0.1, -0.05) is 32.0 Å². The number of hydrogen-bond donors (Lipinski definition) is 4. The Morgan fingerprint density at radius 1 is 1.04 bits per heavy atom. The Morgan fingerprint density at radius 3 is 2.17 bits per heavy atom. The zero-order valence-electron chi connectivity index (χ0n) is 13.5. The van der Waals surface area contributed by atoms with Crippen molar-refractivity contribution in [2.45, 2.75) is 39.3 Å². The number of carboxylic acids is 1. The van der Waals surface area contributed by atoms with Crippen LogP contribution in [0.3, 0.4) is 0 Å². The molecule has 0 spiro atoms. The maximum Gasteiger partial charge on any atom is 0.326 e. The highest BCUT2D eigenvalue weighted by Gasteiger charge is 2.24. The fourth-order valence-corrected chi connectivity index (χ4v) is 1.94. The van der Waals surface area contributed by atoms with Crippen molar-refractivity contribution in [2.24, 2.45) is 5.92 Å². The van der Waals surface area contributed by atoms with Crippen molar-refractivity contribution in [1.82, 2.24) is 10.6 Å². The molecule has 0 saturated carbocycles. The highest BCUT2D eigenvalue weighted by molar-refractivity contribution is 5.94. The van der Waals surface area contributed by atoms with Crippen LogP contribution < -0.4 is 16.0 Å². The Morgan fingerprint density at radius 2 is 1.65 bits per heavy atom. The first-order chi connectivity index (χ1) is 10.8. The molecule has 2 atom stereocenters. The van der Waals surface area contributed by atoms with Crippen molar-refractivity contribution in [2.75, 3.05) is 5.32 Å². The molecule has 7 nitrogen and oxygen atoms in total. The Bertz CT molecular complexity index is 546. The van der Waals surface area contributed by atoms with E-state index in [1.54, 1.807) is 24.3 Å². The summed E-state index contributed by atoms with van der Waals surface area (Å²) in [6, 6.07) is 6.44. The molecule has 0 radical (unpaired) electrons. The van der Waals surface area contributed by atoms with Gasteiger partial charge >= 0.3 is 12.0 Å². The van der Waals surface area contributed by atoms with Crippen molar-refractivity contribution in [3.8, 4) is 0 Å². The number of amides is 3. The van der Waals surface area contributed by atoms with E-state index in [1.807, 2.05) is 19.9 Å². The van der Waals surface area contributed by atoms with Crippen molar-refractivity contribution in [3.63, 3.8) is 0 Å². The van der Waals surface area contributed by atoms with Gasteiger partial charge in [0.05, 0.1) is 0 Å². The molecule has 126 valence electrons. The van der Waals surface area contributed by atoms with E-state index in [0.29, 0.717) is 12.1 Å². The lowest BCUT2D eigenvalue weighted by atomic mass is 10.0. The first-order valence-corrected chi connectivity index (χ1v) is 7.45. The van der Waals surface area contributed by atoms with Gasteiger partial charge in [0, 0.05) is 5.69 Å². The first kappa shape index (κ1) is 18.5. The maximum atomic E-state index is 12.0. The largest absolute Gasteiger partial charge is 0.480 e. The number of carboxylic acid groups (broad SMARTS) is 1. The van der Waals surface area contributed by atoms with E-state index >= 15 is 0 Å². The number of aliphatic carboxylic acids is 1. The average molecular weight is 321 g/mol. The van der Waals surface area contributed by atoms with Crippen LogP contribution in [0.2, 0.25) is 0 Å². The van der Waals surface area contributed by atoms with Gasteiger partial charge in [-0.25, -0.2) is 9.59 Å². The number of carbonyl (C=O) groups is 3. The molecule has 1 aromatic carbocycles. The number of nitrogens with one attached hydrogen (secondary N) is 3. The summed E-state index contributed by atoms with van der Waals surface area (Å²) in [5.41, 5.74) is 0.598. The van der Waals surface area contributed by atoms with Crippen molar-refractivity contribution in [3.05, 3.63) is 30.3 Å². The topological polar surface area (TPSA) is 108 Å². The molecule has 3 amide bonds. The molecule has 0 aliphatic heterocycles. The van der Waals surface area contributed by atoms with E-state index in [1.165, 1.54) is 6.92 Å². The second kappa shape index (κ2) is 8.77. The molecule has 0 fully saturated rings. The van der Waals surface area contributed by atoms with E-state index in [4.69, 9.17) is 5.11 Å². The molecule has 0 aliphatic carbocycles. The zero-order valence-corrected chi connectivity index (χ0v) is 13.5. The third-order valence-corrected chi connectivity index (χ3v) is 3.09. The number of urea groups is 1. The Balaban J connectivity index is 2.52. The number of carbonyl (C=O) groups excluding carboxylic acids is 2. The molecule has 7 heteroatoms. The molecule has 1 aromatic rings. The first-order valence-electron chi connectivity index (χ1n) is 7.45. The minimum Gasteiger partial charge on any atom is -0.480 e. The molecule has 2 unspecified atom stereocenters. The molecule has 4 N–H and O–H groups in total. The van der Waals surface area contributed by atoms with Crippen molar-refractivity contribution < 1.29 is 19.5 Å². The molecular weight excluding hydrogens is 298 g/mol. The molecule has 0 aliphatic rings. The van der Waals surface area contributed by atoms with Gasteiger partial charge in [-0.3, -0.25) is 4.79 Å². The fourth-order valence-electron chi connectivity index (χ4n) is 1.94. The second-order valence-electron chi connectivity index (χ2n) is 5.72. The van der Waals surface area contributed by atoms with Gasteiger partial charge in [0.15, 0.2) is 0 Å². The summed E-state index contributed by atoms with van der Waals surface area (Å²) in [6.07, 6.45) is 0.323. The lowest BCUT2D eigenvalue weighted by Crippen LogP contribution is -2.51. The predicted octanol–water partition coefficient (Wildman–Crippen LogP) is 1.81. The van der Waals surface area contributed by atoms with Gasteiger partial charge in [-0.15, -0.1) is 0 Å². The van der Waals surface area contributed by atoms with E-state index in [0.717, 1.165) is 0 Å². The van der Waals surface area contributed by atoms with E-state index in [2.05, 4.69) is 16.0 Å². The average Bonchev–Trinajstić information content (AvgIpc) is 2.46. The predicted molar refractivity (Wildman–Crippen MR) is 87.1 cm³/mol. The summed E-state index contributed by atoms with van der Waals surface area (Å²) >= 11 is 0. The lowest BCUT2D eigenvalue weighted by molar-refractivity contribution is -0.142. The lowest BCUT2D eigenvalue weighted by Gasteiger charge is -2.20. The van der Waals surface area contributed by atoms with Crippen LogP contribution in [-0.2, 0) is 9.59 Å². The van der Waals surface area contributed by atoms with E-state index < -0.39 is 30.0 Å². The van der Waals surface area contributed by atoms with Crippen LogP contribution in [0.4, 0.5) is 10.5 Å². The van der Waals surface area contributed by atoms with Gasteiger partial charge in [-0.2, -0.15) is 0 Å². The molecule has 23 heavy (non-hydrogen) atoms. The Kier molecular flexibility index (Phi) is 7.05. The summed E-state index contributed by atoms with van der Waals surface area (Å²) in [6.45, 7) is 5.24. The van der Waals surface area contributed by atoms with Crippen molar-refractivity contribution in [1.29, 1.82) is 0 Å². The van der Waals surface area contributed by atoms with Crippen LogP contribution >= 0.6 is 0 Å². The van der Waals surface area contributed by atoms with Gasteiger partial charge in [0.1, 0.15) is 12.1 Å². The molecular formula is C16H23N3O4. The van der Waals surface area contributed by atoms with Crippen LogP contribution in [0.25, 0.3) is 0 Å². The SMILES string of the molecule is CC(C)CC(NC(=O)C(C)NC(=O)Nc1ccccc1)C(=O)O. The highest BCUT2D eigenvalue weighted by atomic mass is 16.4. The van der Waals surface area contributed by atoms with Gasteiger partial charge in [0.2, 0.25) is 5.91 Å². The summed E-state index contributed by atoms with van der Waals surface area (Å²) in [5.74, 6) is -1.50. The quantitative estimate of drug-likeness (QED) is 0.614. The number of para-hydroxylation sites is 1.